The topological polar surface area (TPSA) is 46.5 Å². The number of aromatic nitrogens is 1. The van der Waals surface area contributed by atoms with Gasteiger partial charge in [-0.3, -0.25) is 4.98 Å². The van der Waals surface area contributed by atoms with Crippen molar-refractivity contribution < 1.29 is 4.74 Å². The molecule has 0 saturated heterocycles. The number of fused-ring (bicyclic) bond motifs is 1. The van der Waals surface area contributed by atoms with Gasteiger partial charge in [0.25, 0.3) is 0 Å². The standard InChI is InChI=1S/C16H16ClN3O/c1-10(2)15-16(19-12-4-3-7-18-9-12)20-13-8-11(17)5-6-14(13)21-15/h3-10,15H,1-2H3,(H,19,20)/t15-/m1/s1. The fourth-order valence-corrected chi connectivity index (χ4v) is 2.37. The lowest BCUT2D eigenvalue weighted by atomic mass is 10.0. The molecule has 0 bridgehead atoms. The van der Waals surface area contributed by atoms with Crippen molar-refractivity contribution >= 4 is 28.8 Å². The van der Waals surface area contributed by atoms with Crippen LogP contribution < -0.4 is 10.1 Å². The minimum absolute atomic E-state index is 0.126. The van der Waals surface area contributed by atoms with Gasteiger partial charge in [0, 0.05) is 11.2 Å². The molecule has 2 aromatic rings. The lowest BCUT2D eigenvalue weighted by Gasteiger charge is -2.29. The predicted molar refractivity (Wildman–Crippen MR) is 85.7 cm³/mol. The third-order valence-corrected chi connectivity index (χ3v) is 3.46. The van der Waals surface area contributed by atoms with E-state index in [4.69, 9.17) is 16.3 Å². The summed E-state index contributed by atoms with van der Waals surface area (Å²) in [5, 5.41) is 3.94. The minimum atomic E-state index is -0.126. The fraction of sp³-hybridized carbons (Fsp3) is 0.250. The molecule has 0 amide bonds. The number of benzene rings is 1. The quantitative estimate of drug-likeness (QED) is 0.900. The van der Waals surface area contributed by atoms with Crippen molar-refractivity contribution in [2.45, 2.75) is 20.0 Å². The van der Waals surface area contributed by atoms with Gasteiger partial charge in [0.15, 0.2) is 6.10 Å². The Kier molecular flexibility index (Phi) is 3.80. The summed E-state index contributed by atoms with van der Waals surface area (Å²) >= 11 is 6.03. The van der Waals surface area contributed by atoms with Gasteiger partial charge in [-0.25, -0.2) is 4.99 Å². The third-order valence-electron chi connectivity index (χ3n) is 3.22. The SMILES string of the molecule is CC(C)[C@H]1Oc2ccc(Cl)cc2N=C1Nc1cccnc1. The summed E-state index contributed by atoms with van der Waals surface area (Å²) < 4.78 is 6.06. The fourth-order valence-electron chi connectivity index (χ4n) is 2.20. The monoisotopic (exact) mass is 301 g/mol. The average Bonchev–Trinajstić information content (AvgIpc) is 2.47. The molecule has 1 atom stereocenters. The van der Waals surface area contributed by atoms with E-state index >= 15 is 0 Å². The van der Waals surface area contributed by atoms with Crippen LogP contribution in [0.5, 0.6) is 5.75 Å². The van der Waals surface area contributed by atoms with E-state index in [9.17, 15) is 0 Å². The Morgan fingerprint density at radius 1 is 1.29 bits per heavy atom. The summed E-state index contributed by atoms with van der Waals surface area (Å²) in [4.78, 5) is 8.77. The molecular formula is C16H16ClN3O. The number of hydrogen-bond donors (Lipinski definition) is 1. The third kappa shape index (κ3) is 3.00. The number of halogens is 1. The Morgan fingerprint density at radius 3 is 2.86 bits per heavy atom. The largest absolute Gasteiger partial charge is 0.480 e. The highest BCUT2D eigenvalue weighted by Crippen LogP contribution is 2.36. The molecule has 2 heterocycles. The van der Waals surface area contributed by atoms with Gasteiger partial charge in [0.2, 0.25) is 0 Å². The first-order valence-corrected chi connectivity index (χ1v) is 7.23. The number of ether oxygens (including phenoxy) is 1. The maximum absolute atomic E-state index is 6.06. The smallest absolute Gasteiger partial charge is 0.158 e. The number of rotatable bonds is 2. The molecule has 1 N–H and O–H groups in total. The van der Waals surface area contributed by atoms with E-state index in [0.29, 0.717) is 5.02 Å². The first-order valence-electron chi connectivity index (χ1n) is 6.85. The molecule has 0 radical (unpaired) electrons. The predicted octanol–water partition coefficient (Wildman–Crippen LogP) is 4.29. The van der Waals surface area contributed by atoms with Gasteiger partial charge in [0.05, 0.1) is 11.9 Å². The number of aliphatic imine (C=N–C) groups is 1. The van der Waals surface area contributed by atoms with Crippen LogP contribution in [-0.2, 0) is 0 Å². The molecule has 0 unspecified atom stereocenters. The molecule has 3 rings (SSSR count). The Labute approximate surface area is 128 Å². The van der Waals surface area contributed by atoms with Crippen molar-refractivity contribution in [2.24, 2.45) is 10.9 Å². The zero-order chi connectivity index (χ0) is 14.8. The van der Waals surface area contributed by atoms with E-state index in [-0.39, 0.29) is 12.0 Å². The summed E-state index contributed by atoms with van der Waals surface area (Å²) in [6.45, 7) is 4.21. The van der Waals surface area contributed by atoms with Crippen molar-refractivity contribution in [3.63, 3.8) is 0 Å². The van der Waals surface area contributed by atoms with Crippen LogP contribution in [-0.4, -0.2) is 16.9 Å². The molecule has 5 heteroatoms. The maximum Gasteiger partial charge on any atom is 0.158 e. The number of anilines is 1. The highest BCUT2D eigenvalue weighted by Gasteiger charge is 2.27. The number of hydrogen-bond acceptors (Lipinski definition) is 4. The molecule has 1 aromatic heterocycles. The zero-order valence-electron chi connectivity index (χ0n) is 11.9. The summed E-state index contributed by atoms with van der Waals surface area (Å²) in [6, 6.07) is 9.30. The van der Waals surface area contributed by atoms with Gasteiger partial charge in [-0.05, 0) is 36.2 Å². The first-order chi connectivity index (χ1) is 10.1. The highest BCUT2D eigenvalue weighted by molar-refractivity contribution is 6.31. The van der Waals surface area contributed by atoms with Crippen molar-refractivity contribution in [3.8, 4) is 5.75 Å². The summed E-state index contributed by atoms with van der Waals surface area (Å²) in [7, 11) is 0. The van der Waals surface area contributed by atoms with E-state index in [1.807, 2.05) is 24.3 Å². The van der Waals surface area contributed by atoms with Crippen LogP contribution in [0.3, 0.4) is 0 Å². The van der Waals surface area contributed by atoms with Gasteiger partial charge < -0.3 is 10.1 Å². The number of nitrogens with zero attached hydrogens (tertiary/aromatic N) is 2. The van der Waals surface area contributed by atoms with E-state index in [1.54, 1.807) is 18.5 Å². The zero-order valence-corrected chi connectivity index (χ0v) is 12.6. The van der Waals surface area contributed by atoms with Gasteiger partial charge in [-0.1, -0.05) is 25.4 Å². The molecule has 1 aliphatic rings. The van der Waals surface area contributed by atoms with Crippen molar-refractivity contribution in [3.05, 3.63) is 47.7 Å². The Morgan fingerprint density at radius 2 is 2.14 bits per heavy atom. The summed E-state index contributed by atoms with van der Waals surface area (Å²) in [6.07, 6.45) is 3.37. The number of amidine groups is 1. The molecule has 21 heavy (non-hydrogen) atoms. The Hall–Kier alpha value is -2.07. The van der Waals surface area contributed by atoms with Crippen LogP contribution in [0.15, 0.2) is 47.7 Å². The van der Waals surface area contributed by atoms with E-state index < -0.39 is 0 Å². The van der Waals surface area contributed by atoms with Gasteiger partial charge in [-0.2, -0.15) is 0 Å². The van der Waals surface area contributed by atoms with E-state index in [1.165, 1.54) is 0 Å². The second-order valence-electron chi connectivity index (χ2n) is 5.26. The Balaban J connectivity index is 1.97. The normalized spacial score (nSPS) is 17.0. The first kappa shape index (κ1) is 13.9. The highest BCUT2D eigenvalue weighted by atomic mass is 35.5. The minimum Gasteiger partial charge on any atom is -0.480 e. The molecule has 4 nitrogen and oxygen atoms in total. The summed E-state index contributed by atoms with van der Waals surface area (Å²) in [5.74, 6) is 1.82. The van der Waals surface area contributed by atoms with Crippen LogP contribution in [0.2, 0.25) is 5.02 Å². The van der Waals surface area contributed by atoms with Crippen LogP contribution in [0.1, 0.15) is 13.8 Å². The molecule has 0 aliphatic carbocycles. The molecule has 0 spiro atoms. The van der Waals surface area contributed by atoms with Gasteiger partial charge in [-0.15, -0.1) is 0 Å². The van der Waals surface area contributed by atoms with E-state index in [2.05, 4.69) is 29.1 Å². The number of pyridine rings is 1. The second-order valence-corrected chi connectivity index (χ2v) is 5.69. The molecule has 0 fully saturated rings. The lowest BCUT2D eigenvalue weighted by Crippen LogP contribution is -2.39. The van der Waals surface area contributed by atoms with Gasteiger partial charge >= 0.3 is 0 Å². The van der Waals surface area contributed by atoms with Crippen LogP contribution in [0.4, 0.5) is 11.4 Å². The molecule has 108 valence electrons. The van der Waals surface area contributed by atoms with Crippen molar-refractivity contribution in [1.82, 2.24) is 4.98 Å². The van der Waals surface area contributed by atoms with E-state index in [0.717, 1.165) is 23.0 Å². The Bertz CT molecular complexity index is 670. The second kappa shape index (κ2) is 5.74. The van der Waals surface area contributed by atoms with Gasteiger partial charge in [0.1, 0.15) is 17.3 Å². The molecule has 0 saturated carbocycles. The number of nitrogens with one attached hydrogen (secondary N) is 1. The van der Waals surface area contributed by atoms with Crippen molar-refractivity contribution in [2.75, 3.05) is 5.32 Å². The molecule has 1 aliphatic heterocycles. The lowest BCUT2D eigenvalue weighted by molar-refractivity contribution is 0.212. The maximum atomic E-state index is 6.06. The molecular weight excluding hydrogens is 286 g/mol. The van der Waals surface area contributed by atoms with Crippen LogP contribution in [0.25, 0.3) is 0 Å². The van der Waals surface area contributed by atoms with Crippen LogP contribution in [0, 0.1) is 5.92 Å². The van der Waals surface area contributed by atoms with Crippen LogP contribution >= 0.6 is 11.6 Å². The molecule has 1 aromatic carbocycles. The van der Waals surface area contributed by atoms with Crippen molar-refractivity contribution in [1.29, 1.82) is 0 Å². The summed E-state index contributed by atoms with van der Waals surface area (Å²) in [5.41, 5.74) is 1.63. The average molecular weight is 302 g/mol.